The molecule has 198 valence electrons. The number of nitrogen functional groups attached to an aromatic ring is 1. The number of fused-ring (bicyclic) bond motifs is 1. The molecule has 0 saturated carbocycles. The summed E-state index contributed by atoms with van der Waals surface area (Å²) in [4.78, 5) is 23.8. The molecule has 11 heteroatoms. The molecule has 0 bridgehead atoms. The van der Waals surface area contributed by atoms with Crippen molar-refractivity contribution in [1.82, 2.24) is 30.0 Å². The number of likely N-dealkylation sites (tertiary alicyclic amines) is 1. The molecule has 1 saturated heterocycles. The summed E-state index contributed by atoms with van der Waals surface area (Å²) in [5, 5.41) is 9.51. The SMILES string of the molecule is COc1ccc(F)cc1C(=O)NCc1ccc(-c2nn(C3CCN(CCBr)CC3)c3ncnc(N)c23)cc1. The lowest BCUT2D eigenvalue weighted by atomic mass is 10.1. The Morgan fingerprint density at radius 1 is 1.18 bits per heavy atom. The van der Waals surface area contributed by atoms with Crippen molar-refractivity contribution in [1.29, 1.82) is 0 Å². The summed E-state index contributed by atoms with van der Waals surface area (Å²) in [7, 11) is 1.44. The maximum Gasteiger partial charge on any atom is 0.255 e. The molecule has 0 unspecified atom stereocenters. The van der Waals surface area contributed by atoms with Gasteiger partial charge in [0.05, 0.1) is 24.1 Å². The van der Waals surface area contributed by atoms with Gasteiger partial charge in [0.2, 0.25) is 0 Å². The summed E-state index contributed by atoms with van der Waals surface area (Å²) in [5.74, 6) is -0.203. The largest absolute Gasteiger partial charge is 0.496 e. The summed E-state index contributed by atoms with van der Waals surface area (Å²) in [6.07, 6.45) is 3.46. The van der Waals surface area contributed by atoms with Crippen LogP contribution in [0.5, 0.6) is 5.75 Å². The highest BCUT2D eigenvalue weighted by atomic mass is 79.9. The Labute approximate surface area is 228 Å². The predicted octanol–water partition coefficient (Wildman–Crippen LogP) is 4.19. The molecule has 3 heterocycles. The Balaban J connectivity index is 1.35. The Bertz CT molecular complexity index is 1440. The monoisotopic (exact) mass is 581 g/mol. The fourth-order valence-corrected chi connectivity index (χ4v) is 5.38. The Morgan fingerprint density at radius 3 is 2.66 bits per heavy atom. The van der Waals surface area contributed by atoms with Gasteiger partial charge in [0, 0.05) is 37.1 Å². The summed E-state index contributed by atoms with van der Waals surface area (Å²) in [6.45, 7) is 3.33. The van der Waals surface area contributed by atoms with Gasteiger partial charge in [-0.05, 0) is 36.6 Å². The standard InChI is InChI=1S/C27H29BrFN7O2/c1-38-22-7-6-19(29)14-21(22)27(37)31-15-17-2-4-18(5-3-17)24-23-25(30)32-16-33-26(23)36(34-24)20-8-11-35(12-9-20)13-10-28/h2-7,14,16,20H,8-13,15H2,1H3,(H,31,37)(H2,30,32,33). The van der Waals surface area contributed by atoms with Crippen LogP contribution in [-0.4, -0.2) is 62.6 Å². The van der Waals surface area contributed by atoms with Crippen molar-refractivity contribution in [2.75, 3.05) is 37.8 Å². The number of hydrogen-bond acceptors (Lipinski definition) is 7. The van der Waals surface area contributed by atoms with E-state index < -0.39 is 11.7 Å². The van der Waals surface area contributed by atoms with Crippen LogP contribution in [0.15, 0.2) is 48.8 Å². The first-order chi connectivity index (χ1) is 18.5. The summed E-state index contributed by atoms with van der Waals surface area (Å²) in [5.41, 5.74) is 9.69. The molecular formula is C27H29BrFN7O2. The van der Waals surface area contributed by atoms with Crippen LogP contribution < -0.4 is 15.8 Å². The molecule has 2 aromatic heterocycles. The summed E-state index contributed by atoms with van der Waals surface area (Å²) >= 11 is 3.53. The number of piperidine rings is 1. The Kier molecular flexibility index (Phi) is 7.85. The topological polar surface area (TPSA) is 111 Å². The van der Waals surface area contributed by atoms with E-state index >= 15 is 0 Å². The number of nitrogens with zero attached hydrogens (tertiary/aromatic N) is 5. The quantitative estimate of drug-likeness (QED) is 0.300. The molecule has 5 rings (SSSR count). The number of nitrogens with one attached hydrogen (secondary N) is 1. The lowest BCUT2D eigenvalue weighted by Gasteiger charge is -2.31. The van der Waals surface area contributed by atoms with Crippen molar-refractivity contribution in [2.24, 2.45) is 0 Å². The molecule has 4 aromatic rings. The van der Waals surface area contributed by atoms with Crippen molar-refractivity contribution < 1.29 is 13.9 Å². The molecule has 0 radical (unpaired) electrons. The molecule has 0 spiro atoms. The number of methoxy groups -OCH3 is 1. The van der Waals surface area contributed by atoms with Gasteiger partial charge >= 0.3 is 0 Å². The number of amides is 1. The first-order valence-electron chi connectivity index (χ1n) is 12.5. The van der Waals surface area contributed by atoms with Gasteiger partial charge < -0.3 is 20.7 Å². The molecule has 0 aliphatic carbocycles. The van der Waals surface area contributed by atoms with Crippen molar-refractivity contribution in [3.8, 4) is 17.0 Å². The van der Waals surface area contributed by atoms with Crippen LogP contribution in [0, 0.1) is 5.82 Å². The molecule has 38 heavy (non-hydrogen) atoms. The van der Waals surface area contributed by atoms with Crippen LogP contribution >= 0.6 is 15.9 Å². The molecule has 0 atom stereocenters. The molecule has 3 N–H and O–H groups in total. The molecule has 2 aromatic carbocycles. The van der Waals surface area contributed by atoms with Crippen LogP contribution in [0.1, 0.15) is 34.8 Å². The van der Waals surface area contributed by atoms with E-state index in [-0.39, 0.29) is 18.2 Å². The van der Waals surface area contributed by atoms with Crippen LogP contribution in [-0.2, 0) is 6.54 Å². The molecule has 1 fully saturated rings. The van der Waals surface area contributed by atoms with Gasteiger partial charge in [0.15, 0.2) is 5.65 Å². The normalized spacial score (nSPS) is 14.6. The molecular weight excluding hydrogens is 553 g/mol. The van der Waals surface area contributed by atoms with E-state index in [0.29, 0.717) is 11.6 Å². The minimum absolute atomic E-state index is 0.148. The van der Waals surface area contributed by atoms with E-state index in [1.165, 1.54) is 25.6 Å². The molecule has 9 nitrogen and oxygen atoms in total. The Morgan fingerprint density at radius 2 is 1.95 bits per heavy atom. The third-order valence-electron chi connectivity index (χ3n) is 6.91. The van der Waals surface area contributed by atoms with Crippen LogP contribution in [0.2, 0.25) is 0 Å². The number of anilines is 1. The van der Waals surface area contributed by atoms with Gasteiger partial charge in [-0.1, -0.05) is 40.2 Å². The third kappa shape index (κ3) is 5.34. The lowest BCUT2D eigenvalue weighted by molar-refractivity contribution is 0.0947. The fraction of sp³-hybridized carbons (Fsp3) is 0.333. The van der Waals surface area contributed by atoms with Crippen molar-refractivity contribution in [3.63, 3.8) is 0 Å². The molecule has 1 aliphatic rings. The lowest BCUT2D eigenvalue weighted by Crippen LogP contribution is -2.36. The number of benzene rings is 2. The Hall–Kier alpha value is -3.57. The second-order valence-corrected chi connectivity index (χ2v) is 10.0. The van der Waals surface area contributed by atoms with E-state index in [1.54, 1.807) is 0 Å². The van der Waals surface area contributed by atoms with Crippen LogP contribution in [0.3, 0.4) is 0 Å². The first-order valence-corrected chi connectivity index (χ1v) is 13.6. The maximum atomic E-state index is 13.7. The van der Waals surface area contributed by atoms with Gasteiger partial charge in [0.1, 0.15) is 29.4 Å². The van der Waals surface area contributed by atoms with E-state index in [2.05, 4.69) is 36.1 Å². The van der Waals surface area contributed by atoms with Gasteiger partial charge in [-0.25, -0.2) is 19.0 Å². The highest BCUT2D eigenvalue weighted by Gasteiger charge is 2.26. The average molecular weight is 582 g/mol. The van der Waals surface area contributed by atoms with Crippen LogP contribution in [0.25, 0.3) is 22.3 Å². The number of alkyl halides is 1. The summed E-state index contributed by atoms with van der Waals surface area (Å²) in [6, 6.07) is 11.8. The molecule has 1 aliphatic heterocycles. The van der Waals surface area contributed by atoms with Crippen LogP contribution in [0.4, 0.5) is 10.2 Å². The fourth-order valence-electron chi connectivity index (χ4n) is 4.87. The number of carbonyl (C=O) groups excluding carboxylic acids is 1. The third-order valence-corrected chi connectivity index (χ3v) is 7.26. The number of aromatic nitrogens is 4. The smallest absolute Gasteiger partial charge is 0.255 e. The second-order valence-electron chi connectivity index (χ2n) is 9.24. The van der Waals surface area contributed by atoms with Gasteiger partial charge in [-0.3, -0.25) is 4.79 Å². The average Bonchev–Trinajstić information content (AvgIpc) is 3.33. The van der Waals surface area contributed by atoms with Crippen molar-refractivity contribution >= 4 is 38.7 Å². The van der Waals surface area contributed by atoms with Gasteiger partial charge in [-0.2, -0.15) is 5.10 Å². The molecule has 1 amide bonds. The number of hydrogen-bond donors (Lipinski definition) is 2. The first kappa shape index (κ1) is 26.1. The number of carbonyl (C=O) groups is 1. The number of rotatable bonds is 8. The predicted molar refractivity (Wildman–Crippen MR) is 148 cm³/mol. The van der Waals surface area contributed by atoms with Gasteiger partial charge in [0.25, 0.3) is 5.91 Å². The van der Waals surface area contributed by atoms with Crippen molar-refractivity contribution in [2.45, 2.75) is 25.4 Å². The number of ether oxygens (including phenoxy) is 1. The highest BCUT2D eigenvalue weighted by molar-refractivity contribution is 9.09. The zero-order valence-corrected chi connectivity index (χ0v) is 22.6. The highest BCUT2D eigenvalue weighted by Crippen LogP contribution is 2.34. The number of nitrogens with two attached hydrogens (primary N) is 1. The minimum atomic E-state index is -0.500. The van der Waals surface area contributed by atoms with E-state index in [1.807, 2.05) is 28.9 Å². The second kappa shape index (κ2) is 11.4. The number of halogens is 2. The maximum absolute atomic E-state index is 13.7. The zero-order valence-electron chi connectivity index (χ0n) is 21.0. The van der Waals surface area contributed by atoms with Crippen molar-refractivity contribution in [3.05, 3.63) is 65.7 Å². The van der Waals surface area contributed by atoms with Gasteiger partial charge in [-0.15, -0.1) is 0 Å². The van der Waals surface area contributed by atoms with E-state index in [4.69, 9.17) is 15.6 Å². The summed E-state index contributed by atoms with van der Waals surface area (Å²) < 4.78 is 20.8. The van der Waals surface area contributed by atoms with E-state index in [9.17, 15) is 9.18 Å². The zero-order chi connectivity index (χ0) is 26.6. The minimum Gasteiger partial charge on any atom is -0.496 e. The van der Waals surface area contributed by atoms with E-state index in [0.717, 1.165) is 71.7 Å².